The summed E-state index contributed by atoms with van der Waals surface area (Å²) in [4.78, 5) is 24.5. The Morgan fingerprint density at radius 3 is 2.58 bits per heavy atom. The van der Waals surface area contributed by atoms with Crippen molar-refractivity contribution in [1.29, 1.82) is 0 Å². The molecule has 156 valence electrons. The molecule has 0 unspecified atom stereocenters. The van der Waals surface area contributed by atoms with Gasteiger partial charge in [0.25, 0.3) is 5.91 Å². The molecule has 0 fully saturated rings. The van der Waals surface area contributed by atoms with Gasteiger partial charge in [-0.2, -0.15) is 0 Å². The molecule has 1 heterocycles. The highest BCUT2D eigenvalue weighted by atomic mass is 35.5. The monoisotopic (exact) mass is 453 g/mol. The molecule has 0 spiro atoms. The fourth-order valence-electron chi connectivity index (χ4n) is 3.29. The SMILES string of the molecule is Cc1c(OCC(=O)Nc2cccc(Cl)c2Cl)ccc2c(-c3ccccc3)cc(=O)oc12. The van der Waals surface area contributed by atoms with Crippen LogP contribution in [0.3, 0.4) is 0 Å². The number of halogens is 2. The van der Waals surface area contributed by atoms with Gasteiger partial charge < -0.3 is 14.5 Å². The zero-order chi connectivity index (χ0) is 22.0. The van der Waals surface area contributed by atoms with Gasteiger partial charge in [0.1, 0.15) is 11.3 Å². The molecule has 0 aliphatic heterocycles. The Kier molecular flexibility index (Phi) is 5.98. The number of anilines is 1. The molecule has 0 saturated carbocycles. The van der Waals surface area contributed by atoms with Crippen LogP contribution in [0.15, 0.2) is 75.9 Å². The molecule has 0 atom stereocenters. The van der Waals surface area contributed by atoms with E-state index in [2.05, 4.69) is 5.32 Å². The van der Waals surface area contributed by atoms with Crippen LogP contribution in [-0.4, -0.2) is 12.5 Å². The molecular weight excluding hydrogens is 437 g/mol. The summed E-state index contributed by atoms with van der Waals surface area (Å²) in [6.45, 7) is 1.53. The lowest BCUT2D eigenvalue weighted by Crippen LogP contribution is -2.20. The number of rotatable bonds is 5. The van der Waals surface area contributed by atoms with Gasteiger partial charge in [-0.05, 0) is 42.3 Å². The zero-order valence-electron chi connectivity index (χ0n) is 16.4. The smallest absolute Gasteiger partial charge is 0.336 e. The van der Waals surface area contributed by atoms with Crippen LogP contribution in [0.5, 0.6) is 5.75 Å². The number of benzene rings is 3. The van der Waals surface area contributed by atoms with Crippen LogP contribution in [0, 0.1) is 6.92 Å². The molecule has 0 aliphatic carbocycles. The van der Waals surface area contributed by atoms with Gasteiger partial charge >= 0.3 is 5.63 Å². The number of hydrogen-bond donors (Lipinski definition) is 1. The topological polar surface area (TPSA) is 68.5 Å². The Balaban J connectivity index is 1.59. The molecule has 0 aliphatic rings. The molecule has 7 heteroatoms. The number of ether oxygens (including phenoxy) is 1. The molecule has 0 radical (unpaired) electrons. The van der Waals surface area contributed by atoms with Crippen LogP contribution < -0.4 is 15.7 Å². The molecule has 1 aromatic heterocycles. The lowest BCUT2D eigenvalue weighted by Gasteiger charge is -2.13. The maximum absolute atomic E-state index is 12.3. The average molecular weight is 454 g/mol. The maximum atomic E-state index is 12.3. The number of carbonyl (C=O) groups excluding carboxylic acids is 1. The van der Waals surface area contributed by atoms with Crippen molar-refractivity contribution in [3.8, 4) is 16.9 Å². The van der Waals surface area contributed by atoms with Crippen molar-refractivity contribution in [2.45, 2.75) is 6.92 Å². The number of nitrogens with one attached hydrogen (secondary N) is 1. The normalized spacial score (nSPS) is 10.8. The largest absolute Gasteiger partial charge is 0.483 e. The Morgan fingerprint density at radius 2 is 1.81 bits per heavy atom. The lowest BCUT2D eigenvalue weighted by atomic mass is 10.0. The summed E-state index contributed by atoms with van der Waals surface area (Å²) >= 11 is 12.1. The van der Waals surface area contributed by atoms with Gasteiger partial charge in [0, 0.05) is 17.0 Å². The van der Waals surface area contributed by atoms with Crippen molar-refractivity contribution < 1.29 is 13.9 Å². The van der Waals surface area contributed by atoms with E-state index in [1.165, 1.54) is 6.07 Å². The second kappa shape index (κ2) is 8.84. The first-order valence-electron chi connectivity index (χ1n) is 9.43. The second-order valence-electron chi connectivity index (χ2n) is 6.85. The number of carbonyl (C=O) groups is 1. The van der Waals surface area contributed by atoms with E-state index in [1.807, 2.05) is 36.4 Å². The van der Waals surface area contributed by atoms with Gasteiger partial charge in [-0.3, -0.25) is 4.79 Å². The summed E-state index contributed by atoms with van der Waals surface area (Å²) in [5.74, 6) is 0.0383. The quantitative estimate of drug-likeness (QED) is 0.371. The third kappa shape index (κ3) is 4.43. The molecular formula is C24H17Cl2NO4. The highest BCUT2D eigenvalue weighted by Gasteiger charge is 2.15. The van der Waals surface area contributed by atoms with Crippen LogP contribution in [0.25, 0.3) is 22.1 Å². The van der Waals surface area contributed by atoms with Crippen molar-refractivity contribution in [2.24, 2.45) is 0 Å². The van der Waals surface area contributed by atoms with Crippen molar-refractivity contribution in [2.75, 3.05) is 11.9 Å². The molecule has 0 bridgehead atoms. The molecule has 5 nitrogen and oxygen atoms in total. The minimum atomic E-state index is -0.458. The zero-order valence-corrected chi connectivity index (χ0v) is 18.0. The van der Waals surface area contributed by atoms with E-state index in [1.54, 1.807) is 31.2 Å². The van der Waals surface area contributed by atoms with E-state index in [0.717, 1.165) is 16.5 Å². The first-order valence-corrected chi connectivity index (χ1v) is 10.2. The number of aryl methyl sites for hydroxylation is 1. The van der Waals surface area contributed by atoms with E-state index in [9.17, 15) is 9.59 Å². The Hall–Kier alpha value is -3.28. The van der Waals surface area contributed by atoms with Crippen LogP contribution in [0.2, 0.25) is 10.0 Å². The second-order valence-corrected chi connectivity index (χ2v) is 7.63. The van der Waals surface area contributed by atoms with E-state index >= 15 is 0 Å². The number of amides is 1. The molecule has 0 saturated heterocycles. The van der Waals surface area contributed by atoms with E-state index < -0.39 is 11.5 Å². The third-order valence-corrected chi connectivity index (χ3v) is 5.60. The van der Waals surface area contributed by atoms with Crippen LogP contribution >= 0.6 is 23.2 Å². The lowest BCUT2D eigenvalue weighted by molar-refractivity contribution is -0.118. The fraction of sp³-hybridized carbons (Fsp3) is 0.0833. The van der Waals surface area contributed by atoms with Crippen LogP contribution in [0.1, 0.15) is 5.56 Å². The molecule has 3 aromatic carbocycles. The summed E-state index contributed by atoms with van der Waals surface area (Å²) in [6.07, 6.45) is 0. The molecule has 4 rings (SSSR count). The van der Waals surface area contributed by atoms with Crippen molar-refractivity contribution >= 4 is 45.8 Å². The summed E-state index contributed by atoms with van der Waals surface area (Å²) in [5, 5.41) is 4.05. The van der Waals surface area contributed by atoms with Crippen molar-refractivity contribution in [3.05, 3.63) is 92.8 Å². The first kappa shape index (κ1) is 21.0. The Labute approximate surface area is 188 Å². The molecule has 4 aromatic rings. The fourth-order valence-corrected chi connectivity index (χ4v) is 3.63. The van der Waals surface area contributed by atoms with Crippen molar-refractivity contribution in [3.63, 3.8) is 0 Å². The third-order valence-electron chi connectivity index (χ3n) is 4.78. The minimum absolute atomic E-state index is 0.252. The van der Waals surface area contributed by atoms with Gasteiger partial charge in [0.2, 0.25) is 0 Å². The predicted molar refractivity (Wildman–Crippen MR) is 123 cm³/mol. The highest BCUT2D eigenvalue weighted by molar-refractivity contribution is 6.44. The summed E-state index contributed by atoms with van der Waals surface area (Å²) in [5.41, 5.74) is 2.67. The highest BCUT2D eigenvalue weighted by Crippen LogP contribution is 2.33. The molecule has 1 N–H and O–H groups in total. The van der Waals surface area contributed by atoms with Crippen LogP contribution in [0.4, 0.5) is 5.69 Å². The maximum Gasteiger partial charge on any atom is 0.336 e. The number of hydrogen-bond acceptors (Lipinski definition) is 4. The predicted octanol–water partition coefficient (Wildman–Crippen LogP) is 6.09. The van der Waals surface area contributed by atoms with E-state index in [-0.39, 0.29) is 11.6 Å². The van der Waals surface area contributed by atoms with Gasteiger partial charge in [-0.1, -0.05) is 59.6 Å². The number of fused-ring (bicyclic) bond motifs is 1. The first-order chi connectivity index (χ1) is 14.9. The Morgan fingerprint density at radius 1 is 1.03 bits per heavy atom. The van der Waals surface area contributed by atoms with Gasteiger partial charge in [-0.15, -0.1) is 0 Å². The van der Waals surface area contributed by atoms with Gasteiger partial charge in [0.05, 0.1) is 15.7 Å². The van der Waals surface area contributed by atoms with E-state index in [0.29, 0.717) is 27.6 Å². The Bertz CT molecular complexity index is 1330. The summed E-state index contributed by atoms with van der Waals surface area (Å²) in [6, 6.07) is 19.6. The van der Waals surface area contributed by atoms with Gasteiger partial charge in [0.15, 0.2) is 6.61 Å². The summed E-state index contributed by atoms with van der Waals surface area (Å²) < 4.78 is 11.1. The van der Waals surface area contributed by atoms with Gasteiger partial charge in [-0.25, -0.2) is 4.79 Å². The molecule has 1 amide bonds. The standard InChI is InChI=1S/C24H17Cl2NO4/c1-14-20(30-13-21(28)27-19-9-5-8-18(25)23(19)26)11-10-16-17(12-22(29)31-24(14)16)15-6-3-2-4-7-15/h2-12H,13H2,1H3,(H,27,28). The summed E-state index contributed by atoms with van der Waals surface area (Å²) in [7, 11) is 0. The van der Waals surface area contributed by atoms with Crippen LogP contribution in [-0.2, 0) is 4.79 Å². The van der Waals surface area contributed by atoms with Crippen molar-refractivity contribution in [1.82, 2.24) is 0 Å². The average Bonchev–Trinajstić information content (AvgIpc) is 2.77. The minimum Gasteiger partial charge on any atom is -0.483 e. The molecule has 31 heavy (non-hydrogen) atoms. The van der Waals surface area contributed by atoms with E-state index in [4.69, 9.17) is 32.4 Å².